The number of rotatable bonds is 3. The fourth-order valence-electron chi connectivity index (χ4n) is 3.25. The van der Waals surface area contributed by atoms with Gasteiger partial charge in [-0.15, -0.1) is 0 Å². The average Bonchev–Trinajstić information content (AvgIpc) is 2.69. The Balaban J connectivity index is 2.20. The molecule has 108 valence electrons. The fraction of sp³-hybridized carbons (Fsp3) is 0.500. The highest BCUT2D eigenvalue weighted by Gasteiger charge is 2.55. The molecular weight excluding hydrogens is 248 g/mol. The topological polar surface area (TPSA) is 26.3 Å². The molecule has 2 nitrogen and oxygen atoms in total. The summed E-state index contributed by atoms with van der Waals surface area (Å²) >= 11 is 0. The molecule has 0 saturated heterocycles. The van der Waals surface area contributed by atoms with E-state index >= 15 is 0 Å². The second kappa shape index (κ2) is 5.43. The lowest BCUT2D eigenvalue weighted by Gasteiger charge is -2.38. The normalized spacial score (nSPS) is 28.7. The van der Waals surface area contributed by atoms with E-state index in [-0.39, 0.29) is 11.4 Å². The van der Waals surface area contributed by atoms with Crippen molar-refractivity contribution in [3.8, 4) is 0 Å². The number of ether oxygens (including phenoxy) is 1. The van der Waals surface area contributed by atoms with Crippen LogP contribution in [0.25, 0.3) is 6.08 Å². The van der Waals surface area contributed by atoms with E-state index in [1.165, 1.54) is 12.7 Å². The SMILES string of the molecule is COC(=O)[C@]1(C)CC[C@H](C=Cc2ccccc2)C1(C)C. The highest BCUT2D eigenvalue weighted by Crippen LogP contribution is 2.57. The first kappa shape index (κ1) is 14.8. The maximum Gasteiger partial charge on any atom is 0.312 e. The van der Waals surface area contributed by atoms with Crippen molar-refractivity contribution in [2.45, 2.75) is 33.6 Å². The molecule has 0 amide bonds. The predicted octanol–water partition coefficient (Wildman–Crippen LogP) is 4.32. The third kappa shape index (κ3) is 2.39. The summed E-state index contributed by atoms with van der Waals surface area (Å²) in [5.41, 5.74) is 0.716. The molecule has 0 heterocycles. The van der Waals surface area contributed by atoms with E-state index < -0.39 is 5.41 Å². The van der Waals surface area contributed by atoms with Crippen molar-refractivity contribution < 1.29 is 9.53 Å². The van der Waals surface area contributed by atoms with Crippen molar-refractivity contribution in [2.75, 3.05) is 7.11 Å². The average molecular weight is 272 g/mol. The largest absolute Gasteiger partial charge is 0.469 e. The van der Waals surface area contributed by atoms with Gasteiger partial charge in [-0.2, -0.15) is 0 Å². The maximum absolute atomic E-state index is 12.1. The predicted molar refractivity (Wildman–Crippen MR) is 82.1 cm³/mol. The first-order chi connectivity index (χ1) is 9.41. The third-order valence-corrected chi connectivity index (χ3v) is 5.26. The second-order valence-electron chi connectivity index (χ2n) is 6.46. The summed E-state index contributed by atoms with van der Waals surface area (Å²) < 4.78 is 5.02. The quantitative estimate of drug-likeness (QED) is 0.766. The summed E-state index contributed by atoms with van der Waals surface area (Å²) in [7, 11) is 1.48. The highest BCUT2D eigenvalue weighted by molar-refractivity contribution is 5.78. The molecule has 1 aliphatic rings. The lowest BCUT2D eigenvalue weighted by atomic mass is 9.65. The van der Waals surface area contributed by atoms with Crippen LogP contribution < -0.4 is 0 Å². The molecule has 1 aliphatic carbocycles. The monoisotopic (exact) mass is 272 g/mol. The smallest absolute Gasteiger partial charge is 0.312 e. The molecule has 0 spiro atoms. The number of carbonyl (C=O) groups excluding carboxylic acids is 1. The lowest BCUT2D eigenvalue weighted by molar-refractivity contribution is -0.157. The molecular formula is C18H24O2. The molecule has 1 aromatic carbocycles. The number of benzene rings is 1. The first-order valence-electron chi connectivity index (χ1n) is 7.23. The van der Waals surface area contributed by atoms with E-state index in [0.29, 0.717) is 5.92 Å². The molecule has 2 rings (SSSR count). The van der Waals surface area contributed by atoms with Crippen molar-refractivity contribution in [1.82, 2.24) is 0 Å². The van der Waals surface area contributed by atoms with Gasteiger partial charge in [-0.1, -0.05) is 56.3 Å². The molecule has 0 N–H and O–H groups in total. The molecule has 1 aromatic rings. The van der Waals surface area contributed by atoms with Gasteiger partial charge in [-0.3, -0.25) is 4.79 Å². The van der Waals surface area contributed by atoms with Crippen molar-refractivity contribution in [1.29, 1.82) is 0 Å². The Bertz CT molecular complexity index is 501. The summed E-state index contributed by atoms with van der Waals surface area (Å²) in [4.78, 5) is 12.1. The Morgan fingerprint density at radius 1 is 1.25 bits per heavy atom. The number of hydrogen-bond acceptors (Lipinski definition) is 2. The van der Waals surface area contributed by atoms with Crippen molar-refractivity contribution in [3.63, 3.8) is 0 Å². The van der Waals surface area contributed by atoms with Crippen LogP contribution in [0.2, 0.25) is 0 Å². The number of hydrogen-bond donors (Lipinski definition) is 0. The van der Waals surface area contributed by atoms with Gasteiger partial charge in [0.05, 0.1) is 12.5 Å². The summed E-state index contributed by atoms with van der Waals surface area (Å²) in [5.74, 6) is 0.310. The summed E-state index contributed by atoms with van der Waals surface area (Å²) in [6, 6.07) is 10.3. The van der Waals surface area contributed by atoms with Gasteiger partial charge >= 0.3 is 5.97 Å². The molecule has 0 bridgehead atoms. The van der Waals surface area contributed by atoms with E-state index in [2.05, 4.69) is 38.1 Å². The van der Waals surface area contributed by atoms with Gasteiger partial charge in [0, 0.05) is 0 Å². The first-order valence-corrected chi connectivity index (χ1v) is 7.23. The van der Waals surface area contributed by atoms with E-state index in [1.54, 1.807) is 0 Å². The van der Waals surface area contributed by atoms with Gasteiger partial charge in [0.2, 0.25) is 0 Å². The van der Waals surface area contributed by atoms with Gasteiger partial charge in [-0.25, -0.2) is 0 Å². The molecule has 1 fully saturated rings. The van der Waals surface area contributed by atoms with Gasteiger partial charge in [0.1, 0.15) is 0 Å². The van der Waals surface area contributed by atoms with E-state index in [9.17, 15) is 4.79 Å². The van der Waals surface area contributed by atoms with Gasteiger partial charge < -0.3 is 4.74 Å². The summed E-state index contributed by atoms with van der Waals surface area (Å²) in [5, 5.41) is 0. The van der Waals surface area contributed by atoms with Crippen LogP contribution in [0.3, 0.4) is 0 Å². The Morgan fingerprint density at radius 2 is 1.90 bits per heavy atom. The number of methoxy groups -OCH3 is 1. The number of esters is 1. The minimum absolute atomic E-state index is 0.0851. The van der Waals surface area contributed by atoms with Gasteiger partial charge in [0.15, 0.2) is 0 Å². The molecule has 2 atom stereocenters. The fourth-order valence-corrected chi connectivity index (χ4v) is 3.25. The summed E-state index contributed by atoms with van der Waals surface area (Å²) in [6.07, 6.45) is 6.33. The summed E-state index contributed by atoms with van der Waals surface area (Å²) in [6.45, 7) is 6.39. The zero-order valence-corrected chi connectivity index (χ0v) is 12.8. The third-order valence-electron chi connectivity index (χ3n) is 5.26. The Labute approximate surface area is 121 Å². The van der Waals surface area contributed by atoms with Crippen molar-refractivity contribution >= 4 is 12.0 Å². The second-order valence-corrected chi connectivity index (χ2v) is 6.46. The minimum atomic E-state index is -0.395. The highest BCUT2D eigenvalue weighted by atomic mass is 16.5. The van der Waals surface area contributed by atoms with E-state index in [0.717, 1.165) is 12.8 Å². The molecule has 0 radical (unpaired) electrons. The van der Waals surface area contributed by atoms with Crippen LogP contribution in [0.4, 0.5) is 0 Å². The van der Waals surface area contributed by atoms with Gasteiger partial charge in [-0.05, 0) is 36.7 Å². The zero-order chi connectivity index (χ0) is 14.8. The van der Waals surface area contributed by atoms with Crippen LogP contribution in [0.15, 0.2) is 36.4 Å². The van der Waals surface area contributed by atoms with Crippen LogP contribution in [-0.2, 0) is 9.53 Å². The molecule has 1 saturated carbocycles. The molecule has 0 aromatic heterocycles. The van der Waals surface area contributed by atoms with Crippen LogP contribution in [0, 0.1) is 16.7 Å². The van der Waals surface area contributed by atoms with Crippen LogP contribution >= 0.6 is 0 Å². The Hall–Kier alpha value is -1.57. The van der Waals surface area contributed by atoms with Crippen LogP contribution in [0.1, 0.15) is 39.2 Å². The molecule has 20 heavy (non-hydrogen) atoms. The van der Waals surface area contributed by atoms with Crippen molar-refractivity contribution in [3.05, 3.63) is 42.0 Å². The van der Waals surface area contributed by atoms with Gasteiger partial charge in [0.25, 0.3) is 0 Å². The number of allylic oxidation sites excluding steroid dienone is 1. The van der Waals surface area contributed by atoms with E-state index in [1.807, 2.05) is 25.1 Å². The van der Waals surface area contributed by atoms with E-state index in [4.69, 9.17) is 4.74 Å². The molecule has 0 aliphatic heterocycles. The zero-order valence-electron chi connectivity index (χ0n) is 12.8. The molecule has 0 unspecified atom stereocenters. The van der Waals surface area contributed by atoms with Crippen LogP contribution in [-0.4, -0.2) is 13.1 Å². The molecule has 2 heteroatoms. The lowest BCUT2D eigenvalue weighted by Crippen LogP contribution is -2.41. The number of carbonyl (C=O) groups is 1. The standard InChI is InChI=1S/C18H24O2/c1-17(2)15(11-10-14-8-6-5-7-9-14)12-13-18(17,3)16(19)20-4/h5-11,15H,12-13H2,1-4H3/t15-,18-/m0/s1. The van der Waals surface area contributed by atoms with Crippen LogP contribution in [0.5, 0.6) is 0 Å². The Morgan fingerprint density at radius 3 is 2.50 bits per heavy atom. The minimum Gasteiger partial charge on any atom is -0.469 e. The maximum atomic E-state index is 12.1. The van der Waals surface area contributed by atoms with Crippen molar-refractivity contribution in [2.24, 2.45) is 16.7 Å². The Kier molecular flexibility index (Phi) is 4.03.